The molecule has 1 amide bonds. The number of hydrogen-bond acceptors (Lipinski definition) is 6. The third kappa shape index (κ3) is 6.64. The molecule has 0 atom stereocenters. The number of carbonyl (C=O) groups excluding carboxylic acids is 1. The minimum absolute atomic E-state index is 0.138. The van der Waals surface area contributed by atoms with Gasteiger partial charge in [0.15, 0.2) is 4.34 Å². The second-order valence-corrected chi connectivity index (χ2v) is 10.6. The molecule has 32 heavy (non-hydrogen) atoms. The van der Waals surface area contributed by atoms with E-state index in [1.54, 1.807) is 11.8 Å². The largest absolute Gasteiger partial charge is 0.299 e. The molecule has 7 heteroatoms. The van der Waals surface area contributed by atoms with Crippen molar-refractivity contribution in [2.45, 2.75) is 43.5 Å². The topological polar surface area (TPSA) is 58.1 Å². The van der Waals surface area contributed by atoms with Crippen molar-refractivity contribution >= 4 is 34.1 Å². The number of piperidine rings is 1. The molecule has 0 radical (unpaired) electrons. The number of nitrogens with zero attached hydrogens (tertiary/aromatic N) is 3. The Morgan fingerprint density at radius 1 is 1.06 bits per heavy atom. The van der Waals surface area contributed by atoms with Gasteiger partial charge in [-0.2, -0.15) is 0 Å². The third-order valence-corrected chi connectivity index (χ3v) is 7.93. The third-order valence-electron chi connectivity index (χ3n) is 5.75. The van der Waals surface area contributed by atoms with Crippen molar-refractivity contribution in [1.29, 1.82) is 0 Å². The Morgan fingerprint density at radius 3 is 2.53 bits per heavy atom. The predicted octanol–water partition coefficient (Wildman–Crippen LogP) is 5.75. The molecular weight excluding hydrogens is 436 g/mol. The van der Waals surface area contributed by atoms with Crippen LogP contribution in [0.15, 0.2) is 58.9 Å². The monoisotopic (exact) mass is 466 g/mol. The maximum atomic E-state index is 12.5. The maximum absolute atomic E-state index is 12.5. The molecule has 2 heterocycles. The zero-order valence-corrected chi connectivity index (χ0v) is 20.1. The summed E-state index contributed by atoms with van der Waals surface area (Å²) in [6.07, 6.45) is 4.77. The summed E-state index contributed by atoms with van der Waals surface area (Å²) in [5.41, 5.74) is 3.34. The first-order valence-corrected chi connectivity index (χ1v) is 13.1. The number of benzene rings is 2. The van der Waals surface area contributed by atoms with Crippen LogP contribution in [0, 0.1) is 5.92 Å². The summed E-state index contributed by atoms with van der Waals surface area (Å²) < 4.78 is 0.894. The number of amides is 1. The van der Waals surface area contributed by atoms with Gasteiger partial charge < -0.3 is 0 Å². The molecule has 0 bridgehead atoms. The van der Waals surface area contributed by atoms with E-state index in [1.807, 2.05) is 12.1 Å². The van der Waals surface area contributed by atoms with Crippen molar-refractivity contribution in [2.75, 3.05) is 24.2 Å². The predicted molar refractivity (Wildman–Crippen MR) is 133 cm³/mol. The van der Waals surface area contributed by atoms with Crippen LogP contribution in [0.1, 0.15) is 47.7 Å². The Hall–Kier alpha value is -2.22. The van der Waals surface area contributed by atoms with E-state index >= 15 is 0 Å². The molecule has 1 fully saturated rings. The molecule has 0 aliphatic carbocycles. The van der Waals surface area contributed by atoms with Gasteiger partial charge in [-0.15, -0.1) is 10.2 Å². The molecule has 1 aliphatic rings. The molecule has 4 rings (SSSR count). The van der Waals surface area contributed by atoms with E-state index in [2.05, 4.69) is 69.8 Å². The number of hydrogen-bond donors (Lipinski definition) is 1. The van der Waals surface area contributed by atoms with Gasteiger partial charge in [0, 0.05) is 17.9 Å². The first kappa shape index (κ1) is 23.0. The molecule has 2 aromatic carbocycles. The van der Waals surface area contributed by atoms with Crippen molar-refractivity contribution in [3.63, 3.8) is 0 Å². The van der Waals surface area contributed by atoms with Crippen molar-refractivity contribution in [3.05, 3.63) is 71.3 Å². The van der Waals surface area contributed by atoms with E-state index in [0.717, 1.165) is 42.1 Å². The quantitative estimate of drug-likeness (QED) is 0.322. The summed E-state index contributed by atoms with van der Waals surface area (Å²) in [5, 5.41) is 11.6. The zero-order valence-electron chi connectivity index (χ0n) is 18.5. The van der Waals surface area contributed by atoms with Crippen LogP contribution in [-0.4, -0.2) is 39.8 Å². The van der Waals surface area contributed by atoms with Crippen LogP contribution in [0.2, 0.25) is 0 Å². The fraction of sp³-hybridized carbons (Fsp3) is 0.400. The average molecular weight is 467 g/mol. The van der Waals surface area contributed by atoms with E-state index in [1.165, 1.54) is 41.7 Å². The van der Waals surface area contributed by atoms with Crippen LogP contribution in [0.5, 0.6) is 0 Å². The SMILES string of the molecule is CCCSc1nnc(NC(=O)c2ccc(CN3CCC(Cc4ccccc4)CC3)cc2)s1. The fourth-order valence-electron chi connectivity index (χ4n) is 3.99. The van der Waals surface area contributed by atoms with Crippen molar-refractivity contribution in [3.8, 4) is 0 Å². The molecule has 3 aromatic rings. The van der Waals surface area contributed by atoms with Crippen LogP contribution in [0.25, 0.3) is 0 Å². The first-order valence-electron chi connectivity index (χ1n) is 11.3. The Morgan fingerprint density at radius 2 is 1.81 bits per heavy atom. The molecule has 0 saturated carbocycles. The van der Waals surface area contributed by atoms with Gasteiger partial charge in [0.05, 0.1) is 0 Å². The lowest BCUT2D eigenvalue weighted by Gasteiger charge is -2.32. The van der Waals surface area contributed by atoms with E-state index in [0.29, 0.717) is 10.7 Å². The smallest absolute Gasteiger partial charge is 0.257 e. The molecule has 1 aromatic heterocycles. The highest BCUT2D eigenvalue weighted by Gasteiger charge is 2.19. The van der Waals surface area contributed by atoms with E-state index in [-0.39, 0.29) is 5.91 Å². The van der Waals surface area contributed by atoms with Gasteiger partial charge in [0.1, 0.15) is 0 Å². The lowest BCUT2D eigenvalue weighted by Crippen LogP contribution is -2.33. The number of nitrogens with one attached hydrogen (secondary N) is 1. The van der Waals surface area contributed by atoms with Gasteiger partial charge in [-0.1, -0.05) is 72.5 Å². The Labute approximate surface area is 198 Å². The lowest BCUT2D eigenvalue weighted by molar-refractivity contribution is 0.102. The summed E-state index contributed by atoms with van der Waals surface area (Å²) >= 11 is 3.10. The Bertz CT molecular complexity index is 983. The maximum Gasteiger partial charge on any atom is 0.257 e. The number of likely N-dealkylation sites (tertiary alicyclic amines) is 1. The van der Waals surface area contributed by atoms with Crippen LogP contribution in [0.4, 0.5) is 5.13 Å². The van der Waals surface area contributed by atoms with Gasteiger partial charge in [0.2, 0.25) is 5.13 Å². The minimum Gasteiger partial charge on any atom is -0.299 e. The average Bonchev–Trinajstić information content (AvgIpc) is 3.27. The molecule has 1 saturated heterocycles. The highest BCUT2D eigenvalue weighted by molar-refractivity contribution is 8.01. The van der Waals surface area contributed by atoms with Gasteiger partial charge in [0.25, 0.3) is 5.91 Å². The van der Waals surface area contributed by atoms with Crippen molar-refractivity contribution in [1.82, 2.24) is 15.1 Å². The highest BCUT2D eigenvalue weighted by atomic mass is 32.2. The molecule has 168 valence electrons. The lowest BCUT2D eigenvalue weighted by atomic mass is 9.90. The standard InChI is InChI=1S/C25H30N4OS2/c1-2-16-31-25-28-27-24(32-25)26-23(30)22-10-8-21(9-11-22)18-29-14-12-20(13-15-29)17-19-6-4-3-5-7-19/h3-11,20H,2,12-18H2,1H3,(H,26,27,30). The van der Waals surface area contributed by atoms with Crippen LogP contribution >= 0.6 is 23.1 Å². The van der Waals surface area contributed by atoms with E-state index in [9.17, 15) is 4.79 Å². The number of anilines is 1. The normalized spacial score (nSPS) is 15.0. The van der Waals surface area contributed by atoms with Gasteiger partial charge in [-0.3, -0.25) is 15.0 Å². The van der Waals surface area contributed by atoms with E-state index < -0.39 is 0 Å². The van der Waals surface area contributed by atoms with Crippen molar-refractivity contribution < 1.29 is 4.79 Å². The summed E-state index contributed by atoms with van der Waals surface area (Å²) in [7, 11) is 0. The van der Waals surface area contributed by atoms with Gasteiger partial charge >= 0.3 is 0 Å². The highest BCUT2D eigenvalue weighted by Crippen LogP contribution is 2.26. The molecular formula is C25H30N4OS2. The van der Waals surface area contributed by atoms with Crippen LogP contribution < -0.4 is 5.32 Å². The number of thioether (sulfide) groups is 1. The molecule has 1 N–H and O–H groups in total. The van der Waals surface area contributed by atoms with Crippen LogP contribution in [0.3, 0.4) is 0 Å². The summed E-state index contributed by atoms with van der Waals surface area (Å²) in [6.45, 7) is 5.34. The van der Waals surface area contributed by atoms with E-state index in [4.69, 9.17) is 0 Å². The summed E-state index contributed by atoms with van der Waals surface area (Å²) in [5.74, 6) is 1.65. The first-order chi connectivity index (χ1) is 15.7. The zero-order chi connectivity index (χ0) is 22.2. The van der Waals surface area contributed by atoms with Crippen molar-refractivity contribution in [2.24, 2.45) is 5.92 Å². The molecule has 1 aliphatic heterocycles. The summed E-state index contributed by atoms with van der Waals surface area (Å²) in [6, 6.07) is 18.8. The number of carbonyl (C=O) groups is 1. The number of aromatic nitrogens is 2. The Kier molecular flexibility index (Phi) is 8.31. The van der Waals surface area contributed by atoms with Gasteiger partial charge in [-0.05, 0) is 68.0 Å². The fourth-order valence-corrected chi connectivity index (χ4v) is 5.67. The minimum atomic E-state index is -0.138. The van der Waals surface area contributed by atoms with Crippen LogP contribution in [-0.2, 0) is 13.0 Å². The molecule has 5 nitrogen and oxygen atoms in total. The Balaban J connectivity index is 1.23. The second kappa shape index (κ2) is 11.6. The van der Waals surface area contributed by atoms with Gasteiger partial charge in [-0.25, -0.2) is 0 Å². The summed E-state index contributed by atoms with van der Waals surface area (Å²) in [4.78, 5) is 15.1. The molecule has 0 spiro atoms. The molecule has 0 unspecified atom stereocenters. The number of rotatable bonds is 9. The second-order valence-electron chi connectivity index (χ2n) is 8.28.